The van der Waals surface area contributed by atoms with Crippen LogP contribution in [0.25, 0.3) is 28.2 Å². The van der Waals surface area contributed by atoms with E-state index in [1.807, 2.05) is 47.2 Å². The Bertz CT molecular complexity index is 2770. The lowest BCUT2D eigenvalue weighted by molar-refractivity contribution is -0.136. The normalized spacial score (nSPS) is 20.1. The molecular weight excluding hydrogens is 826 g/mol. The van der Waals surface area contributed by atoms with Gasteiger partial charge in [0, 0.05) is 98.9 Å². The van der Waals surface area contributed by atoms with E-state index >= 15 is 8.78 Å². The van der Waals surface area contributed by atoms with E-state index in [1.165, 1.54) is 6.20 Å². The summed E-state index contributed by atoms with van der Waals surface area (Å²) in [7, 11) is -4.36. The number of aromatic amines is 1. The number of aromatic nitrogens is 2. The Labute approximate surface area is 354 Å². The molecule has 0 aliphatic carbocycles. The van der Waals surface area contributed by atoms with Gasteiger partial charge in [-0.3, -0.25) is 34.1 Å². The van der Waals surface area contributed by atoms with Gasteiger partial charge in [0.2, 0.25) is 17.6 Å². The number of nitrogens with one attached hydrogen (secondary N) is 3. The van der Waals surface area contributed by atoms with Crippen LogP contribution < -0.4 is 14.9 Å². The molecule has 9 rings (SSSR count). The number of pyridine rings is 1. The van der Waals surface area contributed by atoms with Crippen LogP contribution in [0.15, 0.2) is 79.1 Å². The fraction of sp³-hybridized carbons (Fsp3) is 0.295. The van der Waals surface area contributed by atoms with Crippen LogP contribution in [0, 0.1) is 11.6 Å². The van der Waals surface area contributed by atoms with Gasteiger partial charge in [0.25, 0.3) is 5.91 Å². The van der Waals surface area contributed by atoms with Gasteiger partial charge in [-0.2, -0.15) is 12.7 Å². The van der Waals surface area contributed by atoms with Gasteiger partial charge in [-0.25, -0.2) is 18.2 Å². The van der Waals surface area contributed by atoms with Crippen LogP contribution in [0.1, 0.15) is 56.7 Å². The minimum absolute atomic E-state index is 0.000437. The number of fused-ring (bicyclic) bond motifs is 2. The number of piperazine rings is 1. The molecule has 0 saturated carbocycles. The third kappa shape index (κ3) is 7.96. The number of benzene rings is 3. The maximum Gasteiger partial charge on any atom is 0.301 e. The second kappa shape index (κ2) is 16.5. The third-order valence-electron chi connectivity index (χ3n) is 11.9. The van der Waals surface area contributed by atoms with Crippen molar-refractivity contribution in [2.24, 2.45) is 0 Å². The van der Waals surface area contributed by atoms with E-state index in [9.17, 15) is 32.0 Å². The van der Waals surface area contributed by atoms with Gasteiger partial charge in [0.15, 0.2) is 5.82 Å². The highest BCUT2D eigenvalue weighted by atomic mass is 32.2. The molecule has 62 heavy (non-hydrogen) atoms. The van der Waals surface area contributed by atoms with Gasteiger partial charge < -0.3 is 14.8 Å². The molecule has 320 valence electrons. The molecule has 0 unspecified atom stereocenters. The van der Waals surface area contributed by atoms with Crippen LogP contribution in [0.2, 0.25) is 0 Å². The zero-order valence-electron chi connectivity index (χ0n) is 33.2. The van der Waals surface area contributed by atoms with Gasteiger partial charge >= 0.3 is 10.2 Å². The van der Waals surface area contributed by atoms with Gasteiger partial charge in [-0.15, -0.1) is 0 Å². The summed E-state index contributed by atoms with van der Waals surface area (Å²) >= 11 is 0. The predicted octanol–water partition coefficient (Wildman–Crippen LogP) is 5.04. The zero-order chi connectivity index (χ0) is 43.3. The molecule has 6 heterocycles. The predicted molar refractivity (Wildman–Crippen MR) is 225 cm³/mol. The molecule has 2 aromatic heterocycles. The number of ketones is 1. The molecule has 3 fully saturated rings. The number of carbonyl (C=O) groups is 4. The Kier molecular flexibility index (Phi) is 10.9. The van der Waals surface area contributed by atoms with Crippen LogP contribution in [-0.4, -0.2) is 114 Å². The molecule has 3 N–H and O–H groups in total. The molecular formula is C44H41F3N8O6S. The number of H-pyrrole nitrogens is 1. The Balaban J connectivity index is 0.815. The van der Waals surface area contributed by atoms with Crippen molar-refractivity contribution in [3.8, 4) is 11.1 Å². The lowest BCUT2D eigenvalue weighted by atomic mass is 9.99. The van der Waals surface area contributed by atoms with Gasteiger partial charge in [-0.1, -0.05) is 30.4 Å². The molecule has 0 spiro atoms. The Morgan fingerprint density at radius 3 is 2.47 bits per heavy atom. The average molecular weight is 867 g/mol. The number of piperidine rings is 1. The molecule has 0 radical (unpaired) electrons. The SMILES string of the molecule is O=C1CC[C@@H](N2Cc3cc(/C=C/CN4CCN(c5ccc(-c6cnc7[nH]cc(C(=O)c8c(F)ccc(NS(=O)(=O)N9CC[C@@H](F)C9)c8F)c7c6)cc5)CC4)ccc3C2=O)C(=O)N1. The first-order valence-electron chi connectivity index (χ1n) is 20.3. The maximum absolute atomic E-state index is 15.7. The topological polar surface area (TPSA) is 168 Å². The number of carbonyl (C=O) groups excluding carboxylic acids is 4. The number of amides is 3. The number of hydrogen-bond acceptors (Lipinski definition) is 9. The number of rotatable bonds is 11. The van der Waals surface area contributed by atoms with E-state index in [-0.39, 0.29) is 36.8 Å². The molecule has 4 aliphatic rings. The quantitative estimate of drug-likeness (QED) is 0.122. The Hall–Kier alpha value is -6.37. The summed E-state index contributed by atoms with van der Waals surface area (Å²) in [6.45, 7) is 3.87. The van der Waals surface area contributed by atoms with Crippen molar-refractivity contribution >= 4 is 62.2 Å². The molecule has 2 atom stereocenters. The van der Waals surface area contributed by atoms with E-state index in [2.05, 4.69) is 31.2 Å². The fourth-order valence-corrected chi connectivity index (χ4v) is 9.79. The minimum Gasteiger partial charge on any atom is -0.369 e. The molecule has 0 bridgehead atoms. The van der Waals surface area contributed by atoms with Crippen molar-refractivity contribution < 1.29 is 40.8 Å². The van der Waals surface area contributed by atoms with Gasteiger partial charge in [0.1, 0.15) is 23.7 Å². The molecule has 14 nitrogen and oxygen atoms in total. The van der Waals surface area contributed by atoms with E-state index in [1.54, 1.807) is 23.2 Å². The molecule has 4 aliphatic heterocycles. The van der Waals surface area contributed by atoms with Gasteiger partial charge in [0.05, 0.1) is 11.3 Å². The van der Waals surface area contributed by atoms with Crippen molar-refractivity contribution in [3.05, 3.63) is 119 Å². The highest BCUT2D eigenvalue weighted by Gasteiger charge is 2.39. The number of imide groups is 1. The second-order valence-corrected chi connectivity index (χ2v) is 17.5. The third-order valence-corrected chi connectivity index (χ3v) is 13.4. The van der Waals surface area contributed by atoms with Crippen molar-refractivity contribution in [2.45, 2.75) is 38.0 Å². The summed E-state index contributed by atoms with van der Waals surface area (Å²) < 4.78 is 72.9. The Morgan fingerprint density at radius 1 is 0.935 bits per heavy atom. The standard InChI is InChI=1S/C44H41F3N8O6S/c45-30-13-15-54(25-30)62(60,61)51-36-10-9-35(46)39(40(36)47)41(57)34-23-49-42-33(34)21-28(22-48-42)27-4-6-31(7-5-27)53-18-16-52(17-19-53)14-1-2-26-3-8-32-29(20-26)24-55(44(32)59)37-11-12-38(56)50-43(37)58/h1-10,20-23,30,37,51H,11-19,24-25H2,(H,48,49)(H,50,56,58)/b2-1+/t30-,37-/m1/s1. The van der Waals surface area contributed by atoms with Crippen LogP contribution in [0.3, 0.4) is 0 Å². The van der Waals surface area contributed by atoms with Gasteiger partial charge in [-0.05, 0) is 72.0 Å². The summed E-state index contributed by atoms with van der Waals surface area (Å²) in [5, 5.41) is 2.65. The number of nitrogens with zero attached hydrogens (tertiary/aromatic N) is 5. The molecule has 3 aromatic carbocycles. The van der Waals surface area contributed by atoms with Crippen LogP contribution >= 0.6 is 0 Å². The number of halogens is 3. The molecule has 18 heteroatoms. The van der Waals surface area contributed by atoms with Crippen molar-refractivity contribution in [1.82, 2.24) is 29.4 Å². The summed E-state index contributed by atoms with van der Waals surface area (Å²) in [6.07, 6.45) is 6.25. The smallest absolute Gasteiger partial charge is 0.301 e. The summed E-state index contributed by atoms with van der Waals surface area (Å²) in [6, 6.07) is 16.3. The van der Waals surface area contributed by atoms with E-state index in [0.717, 1.165) is 71.5 Å². The van der Waals surface area contributed by atoms with E-state index < -0.39 is 63.5 Å². The number of anilines is 2. The first kappa shape index (κ1) is 41.0. The highest BCUT2D eigenvalue weighted by Crippen LogP contribution is 2.32. The molecule has 3 saturated heterocycles. The first-order valence-corrected chi connectivity index (χ1v) is 21.7. The summed E-state index contributed by atoms with van der Waals surface area (Å²) in [4.78, 5) is 64.2. The van der Waals surface area contributed by atoms with Crippen molar-refractivity contribution in [3.63, 3.8) is 0 Å². The van der Waals surface area contributed by atoms with Crippen molar-refractivity contribution in [1.29, 1.82) is 0 Å². The minimum atomic E-state index is -4.36. The molecule has 5 aromatic rings. The highest BCUT2D eigenvalue weighted by molar-refractivity contribution is 7.90. The Morgan fingerprint density at radius 2 is 1.73 bits per heavy atom. The molecule has 3 amide bonds. The lowest BCUT2D eigenvalue weighted by Crippen LogP contribution is -2.52. The largest absolute Gasteiger partial charge is 0.369 e. The number of hydrogen-bond donors (Lipinski definition) is 3. The van der Waals surface area contributed by atoms with Crippen molar-refractivity contribution in [2.75, 3.05) is 55.4 Å². The first-order chi connectivity index (χ1) is 29.8. The van der Waals surface area contributed by atoms with Crippen LogP contribution in [-0.2, 0) is 26.3 Å². The monoisotopic (exact) mass is 866 g/mol. The fourth-order valence-electron chi connectivity index (χ4n) is 8.52. The van der Waals surface area contributed by atoms with Crippen LogP contribution in [0.4, 0.5) is 24.5 Å². The lowest BCUT2D eigenvalue weighted by Gasteiger charge is -2.35. The second-order valence-electron chi connectivity index (χ2n) is 15.8. The number of alkyl halides is 1. The average Bonchev–Trinajstić information content (AvgIpc) is 3.99. The van der Waals surface area contributed by atoms with E-state index in [4.69, 9.17) is 0 Å². The summed E-state index contributed by atoms with van der Waals surface area (Å²) in [5.41, 5.74) is 3.58. The van der Waals surface area contributed by atoms with E-state index in [0.29, 0.717) is 35.1 Å². The maximum atomic E-state index is 15.7. The zero-order valence-corrected chi connectivity index (χ0v) is 34.1. The summed E-state index contributed by atoms with van der Waals surface area (Å²) in [5.74, 6) is -4.52. The van der Waals surface area contributed by atoms with Crippen LogP contribution in [0.5, 0.6) is 0 Å².